The van der Waals surface area contributed by atoms with Gasteiger partial charge in [0.05, 0.1) is 6.07 Å². The van der Waals surface area contributed by atoms with E-state index in [9.17, 15) is 5.26 Å². The molecule has 1 aliphatic rings. The quantitative estimate of drug-likeness (QED) is 0.767. The molecule has 3 heteroatoms. The van der Waals surface area contributed by atoms with E-state index in [2.05, 4.69) is 6.07 Å². The molecule has 1 aliphatic carbocycles. The van der Waals surface area contributed by atoms with Gasteiger partial charge in [-0.2, -0.15) is 5.26 Å². The summed E-state index contributed by atoms with van der Waals surface area (Å²) < 4.78 is -0.204. The van der Waals surface area contributed by atoms with E-state index in [1.165, 1.54) is 12.8 Å². The van der Waals surface area contributed by atoms with Crippen molar-refractivity contribution in [2.75, 3.05) is 0 Å². The average molecular weight is 238 g/mol. The van der Waals surface area contributed by atoms with Crippen LogP contribution in [0.25, 0.3) is 0 Å². The molecule has 0 unspecified atom stereocenters. The highest BCUT2D eigenvalue weighted by atomic mass is 35.5. The first-order valence-corrected chi connectivity index (χ1v) is 6.29. The minimum Gasteiger partial charge on any atom is -0.197 e. The summed E-state index contributed by atoms with van der Waals surface area (Å²) in [7, 11) is 0. The Morgan fingerprint density at radius 3 is 2.67 bits per heavy atom. The first-order valence-electron chi connectivity index (χ1n) is 5.10. The van der Waals surface area contributed by atoms with E-state index in [1.807, 2.05) is 24.3 Å². The maximum absolute atomic E-state index is 9.24. The van der Waals surface area contributed by atoms with Crippen LogP contribution in [0.15, 0.2) is 29.2 Å². The molecule has 1 nitrogen and oxygen atoms in total. The Kier molecular flexibility index (Phi) is 3.23. The lowest BCUT2D eigenvalue weighted by atomic mass is 10.1. The molecule has 1 aromatic rings. The van der Waals surface area contributed by atoms with Gasteiger partial charge in [0.1, 0.15) is 4.75 Å². The second kappa shape index (κ2) is 4.47. The SMILES string of the molecule is N#CC1(Sc2cccc(Cl)c2)CCCC1. The van der Waals surface area contributed by atoms with E-state index in [0.29, 0.717) is 0 Å². The lowest BCUT2D eigenvalue weighted by Gasteiger charge is -2.19. The fourth-order valence-electron chi connectivity index (χ4n) is 1.94. The molecule has 0 heterocycles. The maximum Gasteiger partial charge on any atom is 0.107 e. The normalized spacial score (nSPS) is 18.7. The molecule has 0 bridgehead atoms. The topological polar surface area (TPSA) is 23.8 Å². The summed E-state index contributed by atoms with van der Waals surface area (Å²) in [6, 6.07) is 10.2. The van der Waals surface area contributed by atoms with Crippen LogP contribution in [-0.2, 0) is 0 Å². The molecular formula is C12H12ClNS. The van der Waals surface area contributed by atoms with Crippen LogP contribution in [0.1, 0.15) is 25.7 Å². The van der Waals surface area contributed by atoms with Crippen molar-refractivity contribution in [2.24, 2.45) is 0 Å². The van der Waals surface area contributed by atoms with Crippen LogP contribution in [-0.4, -0.2) is 4.75 Å². The predicted octanol–water partition coefficient (Wildman–Crippen LogP) is 4.27. The van der Waals surface area contributed by atoms with Crippen molar-refractivity contribution in [1.82, 2.24) is 0 Å². The van der Waals surface area contributed by atoms with Crippen molar-refractivity contribution >= 4 is 23.4 Å². The number of nitriles is 1. The van der Waals surface area contributed by atoms with Crippen molar-refractivity contribution in [1.29, 1.82) is 5.26 Å². The fourth-order valence-corrected chi connectivity index (χ4v) is 3.52. The largest absolute Gasteiger partial charge is 0.197 e. The van der Waals surface area contributed by atoms with Gasteiger partial charge in [0, 0.05) is 9.92 Å². The molecule has 0 saturated heterocycles. The second-order valence-corrected chi connectivity index (χ2v) is 5.77. The molecule has 15 heavy (non-hydrogen) atoms. The molecule has 1 fully saturated rings. The molecular weight excluding hydrogens is 226 g/mol. The molecule has 78 valence electrons. The first-order chi connectivity index (χ1) is 7.24. The first kappa shape index (κ1) is 10.9. The van der Waals surface area contributed by atoms with E-state index in [1.54, 1.807) is 11.8 Å². The molecule has 0 N–H and O–H groups in total. The molecule has 2 rings (SSSR count). The van der Waals surface area contributed by atoms with Crippen molar-refractivity contribution in [3.63, 3.8) is 0 Å². The van der Waals surface area contributed by atoms with Crippen LogP contribution in [0.4, 0.5) is 0 Å². The van der Waals surface area contributed by atoms with Gasteiger partial charge < -0.3 is 0 Å². The van der Waals surface area contributed by atoms with Gasteiger partial charge in [-0.1, -0.05) is 30.5 Å². The Balaban J connectivity index is 2.17. The number of benzene rings is 1. The van der Waals surface area contributed by atoms with Gasteiger partial charge in [0.15, 0.2) is 0 Å². The van der Waals surface area contributed by atoms with E-state index in [-0.39, 0.29) is 4.75 Å². The van der Waals surface area contributed by atoms with Crippen LogP contribution >= 0.6 is 23.4 Å². The fraction of sp³-hybridized carbons (Fsp3) is 0.417. The predicted molar refractivity (Wildman–Crippen MR) is 64.1 cm³/mol. The third-order valence-electron chi connectivity index (χ3n) is 2.72. The van der Waals surface area contributed by atoms with Gasteiger partial charge in [0.2, 0.25) is 0 Å². The van der Waals surface area contributed by atoms with Gasteiger partial charge in [-0.15, -0.1) is 11.8 Å². The van der Waals surface area contributed by atoms with E-state index >= 15 is 0 Å². The lowest BCUT2D eigenvalue weighted by molar-refractivity contribution is 0.759. The highest BCUT2D eigenvalue weighted by Crippen LogP contribution is 2.45. The number of hydrogen-bond acceptors (Lipinski definition) is 2. The molecule has 1 aromatic carbocycles. The summed E-state index contributed by atoms with van der Waals surface area (Å²) >= 11 is 7.59. The van der Waals surface area contributed by atoms with Crippen LogP contribution in [0, 0.1) is 11.3 Å². The zero-order valence-electron chi connectivity index (χ0n) is 8.37. The number of nitrogens with zero attached hydrogens (tertiary/aromatic N) is 1. The van der Waals surface area contributed by atoms with Crippen LogP contribution in [0.2, 0.25) is 5.02 Å². The van der Waals surface area contributed by atoms with E-state index < -0.39 is 0 Å². The maximum atomic E-state index is 9.24. The molecule has 0 aliphatic heterocycles. The minimum absolute atomic E-state index is 0.204. The summed E-state index contributed by atoms with van der Waals surface area (Å²) in [5.74, 6) is 0. The Morgan fingerprint density at radius 1 is 1.33 bits per heavy atom. The lowest BCUT2D eigenvalue weighted by Crippen LogP contribution is -2.16. The Labute approximate surface area is 99.4 Å². The Morgan fingerprint density at radius 2 is 2.07 bits per heavy atom. The second-order valence-electron chi connectivity index (χ2n) is 3.87. The van der Waals surface area contributed by atoms with Gasteiger partial charge in [-0.05, 0) is 31.0 Å². The molecule has 0 spiro atoms. The van der Waals surface area contributed by atoms with Crippen LogP contribution in [0.3, 0.4) is 0 Å². The van der Waals surface area contributed by atoms with Gasteiger partial charge >= 0.3 is 0 Å². The minimum atomic E-state index is -0.204. The van der Waals surface area contributed by atoms with Gasteiger partial charge in [-0.3, -0.25) is 0 Å². The smallest absolute Gasteiger partial charge is 0.107 e. The third-order valence-corrected chi connectivity index (χ3v) is 4.34. The number of thioether (sulfide) groups is 1. The van der Waals surface area contributed by atoms with Crippen molar-refractivity contribution < 1.29 is 0 Å². The average Bonchev–Trinajstić information content (AvgIpc) is 2.67. The summed E-state index contributed by atoms with van der Waals surface area (Å²) in [6.45, 7) is 0. The standard InChI is InChI=1S/C12H12ClNS/c13-10-4-3-5-11(8-10)15-12(9-14)6-1-2-7-12/h3-5,8H,1-2,6-7H2. The van der Waals surface area contributed by atoms with E-state index in [0.717, 1.165) is 22.8 Å². The summed E-state index contributed by atoms with van der Waals surface area (Å²) in [6.07, 6.45) is 4.34. The molecule has 1 saturated carbocycles. The Bertz CT molecular complexity index is 391. The van der Waals surface area contributed by atoms with E-state index in [4.69, 9.17) is 11.6 Å². The third kappa shape index (κ3) is 2.48. The summed E-state index contributed by atoms with van der Waals surface area (Å²) in [4.78, 5) is 1.10. The Hall–Kier alpha value is -0.650. The number of rotatable bonds is 2. The van der Waals surface area contributed by atoms with Gasteiger partial charge in [-0.25, -0.2) is 0 Å². The summed E-state index contributed by atoms with van der Waals surface area (Å²) in [5.41, 5.74) is 0. The highest BCUT2D eigenvalue weighted by molar-refractivity contribution is 8.01. The molecule has 0 amide bonds. The number of halogens is 1. The molecule has 0 atom stereocenters. The summed E-state index contributed by atoms with van der Waals surface area (Å²) in [5, 5.41) is 9.99. The zero-order chi connectivity index (χ0) is 10.7. The van der Waals surface area contributed by atoms with Crippen molar-refractivity contribution in [2.45, 2.75) is 35.3 Å². The number of hydrogen-bond donors (Lipinski definition) is 0. The monoisotopic (exact) mass is 237 g/mol. The van der Waals surface area contributed by atoms with Crippen LogP contribution < -0.4 is 0 Å². The molecule has 0 radical (unpaired) electrons. The zero-order valence-corrected chi connectivity index (χ0v) is 9.94. The highest BCUT2D eigenvalue weighted by Gasteiger charge is 2.34. The molecule has 0 aromatic heterocycles. The van der Waals surface area contributed by atoms with Crippen LogP contribution in [0.5, 0.6) is 0 Å². The van der Waals surface area contributed by atoms with Gasteiger partial charge in [0.25, 0.3) is 0 Å². The van der Waals surface area contributed by atoms with Crippen molar-refractivity contribution in [3.05, 3.63) is 29.3 Å². The van der Waals surface area contributed by atoms with Crippen molar-refractivity contribution in [3.8, 4) is 6.07 Å².